The van der Waals surface area contributed by atoms with Crippen molar-refractivity contribution in [3.8, 4) is 0 Å². The summed E-state index contributed by atoms with van der Waals surface area (Å²) in [6.07, 6.45) is 1.14. The minimum Gasteiger partial charge on any atom is -0.316 e. The molecule has 0 spiro atoms. The molecule has 14 heavy (non-hydrogen) atoms. The molecular weight excluding hydrogens is 186 g/mol. The van der Waals surface area contributed by atoms with Crippen LogP contribution in [0.5, 0.6) is 0 Å². The summed E-state index contributed by atoms with van der Waals surface area (Å²) in [7, 11) is 1.92. The van der Waals surface area contributed by atoms with Gasteiger partial charge in [0.2, 0.25) is 5.92 Å². The molecule has 0 aliphatic carbocycles. The molecule has 0 amide bonds. The molecule has 0 saturated carbocycles. The molecule has 1 unspecified atom stereocenters. The maximum absolute atomic E-state index is 12.6. The van der Waals surface area contributed by atoms with Crippen molar-refractivity contribution in [1.82, 2.24) is 10.2 Å². The molecule has 0 aromatic rings. The lowest BCUT2D eigenvalue weighted by molar-refractivity contribution is 0.00440. The van der Waals surface area contributed by atoms with Crippen molar-refractivity contribution in [1.29, 1.82) is 0 Å². The summed E-state index contributed by atoms with van der Waals surface area (Å²) in [6, 6.07) is 0. The molecule has 2 nitrogen and oxygen atoms in total. The van der Waals surface area contributed by atoms with Gasteiger partial charge in [0.1, 0.15) is 0 Å². The fraction of sp³-hybridized carbons (Fsp3) is 1.00. The Balaban J connectivity index is 2.12. The van der Waals surface area contributed by atoms with Crippen molar-refractivity contribution < 1.29 is 8.78 Å². The highest BCUT2D eigenvalue weighted by atomic mass is 19.3. The van der Waals surface area contributed by atoms with Crippen LogP contribution >= 0.6 is 0 Å². The predicted octanol–water partition coefficient (Wildman–Crippen LogP) is 1.57. The lowest BCUT2D eigenvalue weighted by atomic mass is 10.1. The second-order valence-corrected chi connectivity index (χ2v) is 4.44. The SMILES string of the molecule is CN(CCC(C)(F)F)CC1CCNC1. The van der Waals surface area contributed by atoms with Gasteiger partial charge in [-0.05, 0) is 39.4 Å². The maximum Gasteiger partial charge on any atom is 0.246 e. The van der Waals surface area contributed by atoms with Crippen LogP contribution in [-0.4, -0.2) is 44.0 Å². The zero-order chi connectivity index (χ0) is 10.6. The van der Waals surface area contributed by atoms with Gasteiger partial charge < -0.3 is 10.2 Å². The predicted molar refractivity (Wildman–Crippen MR) is 53.7 cm³/mol. The second-order valence-electron chi connectivity index (χ2n) is 4.44. The first-order chi connectivity index (χ1) is 6.47. The van der Waals surface area contributed by atoms with E-state index in [2.05, 4.69) is 5.32 Å². The van der Waals surface area contributed by atoms with E-state index in [0.29, 0.717) is 12.5 Å². The summed E-state index contributed by atoms with van der Waals surface area (Å²) in [5.41, 5.74) is 0. The molecule has 1 saturated heterocycles. The van der Waals surface area contributed by atoms with Crippen molar-refractivity contribution in [3.63, 3.8) is 0 Å². The highest BCUT2D eigenvalue weighted by Gasteiger charge is 2.22. The zero-order valence-corrected chi connectivity index (χ0v) is 9.02. The van der Waals surface area contributed by atoms with Gasteiger partial charge in [-0.3, -0.25) is 0 Å². The highest BCUT2D eigenvalue weighted by Crippen LogP contribution is 2.17. The van der Waals surface area contributed by atoms with Crippen LogP contribution in [0.3, 0.4) is 0 Å². The highest BCUT2D eigenvalue weighted by molar-refractivity contribution is 4.74. The average Bonchev–Trinajstić information content (AvgIpc) is 2.52. The van der Waals surface area contributed by atoms with Crippen molar-refractivity contribution >= 4 is 0 Å². The summed E-state index contributed by atoms with van der Waals surface area (Å²) in [4.78, 5) is 2.01. The minimum atomic E-state index is -2.53. The molecule has 1 heterocycles. The van der Waals surface area contributed by atoms with E-state index in [1.807, 2.05) is 11.9 Å². The number of hydrogen-bond donors (Lipinski definition) is 1. The number of nitrogens with zero attached hydrogens (tertiary/aromatic N) is 1. The molecule has 0 aromatic carbocycles. The Morgan fingerprint density at radius 1 is 1.50 bits per heavy atom. The first kappa shape index (κ1) is 11.9. The van der Waals surface area contributed by atoms with E-state index in [4.69, 9.17) is 0 Å². The molecule has 1 aliphatic rings. The van der Waals surface area contributed by atoms with Crippen LogP contribution in [0.25, 0.3) is 0 Å². The normalized spacial score (nSPS) is 23.4. The zero-order valence-electron chi connectivity index (χ0n) is 9.02. The molecule has 1 N–H and O–H groups in total. The van der Waals surface area contributed by atoms with Crippen molar-refractivity contribution in [2.75, 3.05) is 33.2 Å². The van der Waals surface area contributed by atoms with E-state index in [1.54, 1.807) is 0 Å². The molecule has 1 rings (SSSR count). The van der Waals surface area contributed by atoms with Crippen LogP contribution in [0.2, 0.25) is 0 Å². The summed E-state index contributed by atoms with van der Waals surface area (Å²) >= 11 is 0. The van der Waals surface area contributed by atoms with Gasteiger partial charge in [0.05, 0.1) is 0 Å². The third kappa shape index (κ3) is 4.86. The first-order valence-electron chi connectivity index (χ1n) is 5.24. The molecule has 1 fully saturated rings. The van der Waals surface area contributed by atoms with Gasteiger partial charge in [-0.2, -0.15) is 0 Å². The van der Waals surface area contributed by atoms with E-state index in [9.17, 15) is 8.78 Å². The molecule has 0 radical (unpaired) electrons. The van der Waals surface area contributed by atoms with Crippen molar-refractivity contribution in [2.45, 2.75) is 25.7 Å². The van der Waals surface area contributed by atoms with E-state index in [0.717, 1.165) is 26.6 Å². The Labute approximate surface area is 84.7 Å². The molecule has 0 bridgehead atoms. The lowest BCUT2D eigenvalue weighted by Crippen LogP contribution is -2.30. The minimum absolute atomic E-state index is 0.0380. The fourth-order valence-electron chi connectivity index (χ4n) is 1.79. The van der Waals surface area contributed by atoms with Crippen LogP contribution < -0.4 is 5.32 Å². The largest absolute Gasteiger partial charge is 0.316 e. The van der Waals surface area contributed by atoms with Gasteiger partial charge in [-0.1, -0.05) is 0 Å². The Morgan fingerprint density at radius 2 is 2.21 bits per heavy atom. The monoisotopic (exact) mass is 206 g/mol. The van der Waals surface area contributed by atoms with Gasteiger partial charge >= 0.3 is 0 Å². The van der Waals surface area contributed by atoms with E-state index in [-0.39, 0.29) is 6.42 Å². The average molecular weight is 206 g/mol. The Bertz CT molecular complexity index is 162. The Hall–Kier alpha value is -0.220. The van der Waals surface area contributed by atoms with Gasteiger partial charge in [-0.25, -0.2) is 8.78 Å². The van der Waals surface area contributed by atoms with E-state index in [1.165, 1.54) is 6.42 Å². The molecular formula is C10H20F2N2. The lowest BCUT2D eigenvalue weighted by Gasteiger charge is -2.21. The fourth-order valence-corrected chi connectivity index (χ4v) is 1.79. The van der Waals surface area contributed by atoms with Gasteiger partial charge in [0.25, 0.3) is 0 Å². The van der Waals surface area contributed by atoms with Crippen LogP contribution in [0.15, 0.2) is 0 Å². The van der Waals surface area contributed by atoms with Gasteiger partial charge in [-0.15, -0.1) is 0 Å². The first-order valence-corrected chi connectivity index (χ1v) is 5.24. The smallest absolute Gasteiger partial charge is 0.246 e. The number of rotatable bonds is 5. The van der Waals surface area contributed by atoms with Gasteiger partial charge in [0.15, 0.2) is 0 Å². The number of alkyl halides is 2. The number of hydrogen-bond acceptors (Lipinski definition) is 2. The number of nitrogens with one attached hydrogen (secondary N) is 1. The van der Waals surface area contributed by atoms with Gasteiger partial charge in [0, 0.05) is 19.5 Å². The molecule has 4 heteroatoms. The van der Waals surface area contributed by atoms with Crippen LogP contribution in [0.4, 0.5) is 8.78 Å². The topological polar surface area (TPSA) is 15.3 Å². The molecule has 0 aromatic heterocycles. The third-order valence-electron chi connectivity index (χ3n) is 2.66. The quantitative estimate of drug-likeness (QED) is 0.734. The summed E-state index contributed by atoms with van der Waals surface area (Å²) < 4.78 is 25.1. The third-order valence-corrected chi connectivity index (χ3v) is 2.66. The summed E-state index contributed by atoms with van der Waals surface area (Å²) in [5, 5.41) is 3.28. The van der Waals surface area contributed by atoms with Crippen molar-refractivity contribution in [3.05, 3.63) is 0 Å². The molecule has 84 valence electrons. The maximum atomic E-state index is 12.6. The van der Waals surface area contributed by atoms with E-state index < -0.39 is 5.92 Å². The van der Waals surface area contributed by atoms with Crippen LogP contribution in [0.1, 0.15) is 19.8 Å². The van der Waals surface area contributed by atoms with E-state index >= 15 is 0 Å². The Kier molecular flexibility index (Phi) is 4.26. The Morgan fingerprint density at radius 3 is 2.71 bits per heavy atom. The number of halogens is 2. The second kappa shape index (κ2) is 5.03. The van der Waals surface area contributed by atoms with Crippen LogP contribution in [-0.2, 0) is 0 Å². The summed E-state index contributed by atoms with van der Waals surface area (Å²) in [5.74, 6) is -1.88. The summed E-state index contributed by atoms with van der Waals surface area (Å²) in [6.45, 7) is 4.51. The standard InChI is InChI=1S/C10H20F2N2/c1-10(11,12)4-6-14(2)8-9-3-5-13-7-9/h9,13H,3-8H2,1-2H3. The van der Waals surface area contributed by atoms with Crippen LogP contribution in [0, 0.1) is 5.92 Å². The molecule has 1 aliphatic heterocycles. The van der Waals surface area contributed by atoms with Crippen molar-refractivity contribution in [2.24, 2.45) is 5.92 Å². The molecule has 1 atom stereocenters.